The van der Waals surface area contributed by atoms with Crippen molar-refractivity contribution in [3.63, 3.8) is 0 Å². The SMILES string of the molecule is CC1CCC(N(C)c2nc(N)nc(-n3cccn3)n2)CC1. The molecular weight excluding hydrogens is 266 g/mol. The van der Waals surface area contributed by atoms with Gasteiger partial charge in [0.2, 0.25) is 11.9 Å². The third-order valence-electron chi connectivity index (χ3n) is 4.19. The molecule has 3 rings (SSSR count). The number of hydrogen-bond acceptors (Lipinski definition) is 6. The average Bonchev–Trinajstić information content (AvgIpc) is 3.01. The Hall–Kier alpha value is -2.18. The van der Waals surface area contributed by atoms with Gasteiger partial charge in [0.15, 0.2) is 0 Å². The minimum atomic E-state index is 0.224. The first-order valence-corrected chi connectivity index (χ1v) is 7.38. The second-order valence-corrected chi connectivity index (χ2v) is 5.77. The van der Waals surface area contributed by atoms with Crippen LogP contribution in [-0.2, 0) is 0 Å². The molecule has 0 saturated heterocycles. The lowest BCUT2D eigenvalue weighted by atomic mass is 9.87. The summed E-state index contributed by atoms with van der Waals surface area (Å²) < 4.78 is 1.60. The fourth-order valence-corrected chi connectivity index (χ4v) is 2.81. The minimum Gasteiger partial charge on any atom is -0.368 e. The van der Waals surface area contributed by atoms with Crippen LogP contribution >= 0.6 is 0 Å². The van der Waals surface area contributed by atoms with E-state index in [0.29, 0.717) is 17.9 Å². The summed E-state index contributed by atoms with van der Waals surface area (Å²) in [5.74, 6) is 2.12. The molecule has 2 heterocycles. The van der Waals surface area contributed by atoms with Gasteiger partial charge in [-0.2, -0.15) is 20.1 Å². The van der Waals surface area contributed by atoms with Gasteiger partial charge in [-0.05, 0) is 37.7 Å². The number of anilines is 2. The Labute approximate surface area is 124 Å². The molecule has 1 fully saturated rings. The van der Waals surface area contributed by atoms with Gasteiger partial charge < -0.3 is 10.6 Å². The zero-order valence-corrected chi connectivity index (χ0v) is 12.5. The Morgan fingerprint density at radius 2 is 1.95 bits per heavy atom. The maximum absolute atomic E-state index is 5.82. The molecule has 0 aliphatic heterocycles. The van der Waals surface area contributed by atoms with Gasteiger partial charge in [-0.25, -0.2) is 4.68 Å². The van der Waals surface area contributed by atoms with Crippen molar-refractivity contribution in [1.82, 2.24) is 24.7 Å². The maximum atomic E-state index is 5.82. The van der Waals surface area contributed by atoms with Crippen LogP contribution in [0.25, 0.3) is 5.95 Å². The van der Waals surface area contributed by atoms with E-state index in [4.69, 9.17) is 5.73 Å². The van der Waals surface area contributed by atoms with Gasteiger partial charge in [0.05, 0.1) is 0 Å². The van der Waals surface area contributed by atoms with Crippen LogP contribution in [0.4, 0.5) is 11.9 Å². The van der Waals surface area contributed by atoms with Crippen molar-refractivity contribution in [1.29, 1.82) is 0 Å². The second-order valence-electron chi connectivity index (χ2n) is 5.77. The molecule has 21 heavy (non-hydrogen) atoms. The van der Waals surface area contributed by atoms with Crippen LogP contribution in [0.1, 0.15) is 32.6 Å². The number of nitrogens with zero attached hydrogens (tertiary/aromatic N) is 6. The standard InChI is InChI=1S/C14H21N7/c1-10-4-6-11(7-5-10)20(2)13-17-12(15)18-14(19-13)21-9-3-8-16-21/h3,8-11H,4-7H2,1-2H3,(H2,15,17,18,19). The van der Waals surface area contributed by atoms with Crippen molar-refractivity contribution in [3.8, 4) is 5.95 Å². The molecular formula is C14H21N7. The first-order valence-electron chi connectivity index (χ1n) is 7.38. The summed E-state index contributed by atoms with van der Waals surface area (Å²) in [5, 5.41) is 4.14. The van der Waals surface area contributed by atoms with Crippen molar-refractivity contribution in [3.05, 3.63) is 18.5 Å². The van der Waals surface area contributed by atoms with Gasteiger partial charge in [0, 0.05) is 25.5 Å². The van der Waals surface area contributed by atoms with Crippen molar-refractivity contribution in [2.75, 3.05) is 17.7 Å². The Balaban J connectivity index is 1.84. The molecule has 0 unspecified atom stereocenters. The van der Waals surface area contributed by atoms with Crippen molar-refractivity contribution >= 4 is 11.9 Å². The molecule has 1 saturated carbocycles. The summed E-state index contributed by atoms with van der Waals surface area (Å²) >= 11 is 0. The maximum Gasteiger partial charge on any atom is 0.257 e. The zero-order valence-electron chi connectivity index (χ0n) is 12.5. The predicted octanol–water partition coefficient (Wildman–Crippen LogP) is 1.65. The molecule has 7 nitrogen and oxygen atoms in total. The van der Waals surface area contributed by atoms with Crippen LogP contribution in [0.2, 0.25) is 0 Å². The molecule has 0 radical (unpaired) electrons. The molecule has 112 valence electrons. The fourth-order valence-electron chi connectivity index (χ4n) is 2.81. The fraction of sp³-hybridized carbons (Fsp3) is 0.571. The Morgan fingerprint density at radius 3 is 2.62 bits per heavy atom. The molecule has 0 bridgehead atoms. The van der Waals surface area contributed by atoms with E-state index in [0.717, 1.165) is 5.92 Å². The molecule has 2 aromatic rings. The first-order chi connectivity index (χ1) is 10.1. The summed E-state index contributed by atoms with van der Waals surface area (Å²) in [4.78, 5) is 15.0. The zero-order chi connectivity index (χ0) is 14.8. The van der Waals surface area contributed by atoms with Gasteiger partial charge in [0.25, 0.3) is 5.95 Å². The monoisotopic (exact) mass is 287 g/mol. The lowest BCUT2D eigenvalue weighted by Gasteiger charge is -2.33. The van der Waals surface area contributed by atoms with Gasteiger partial charge >= 0.3 is 0 Å². The summed E-state index contributed by atoms with van der Waals surface area (Å²) in [6.45, 7) is 2.31. The molecule has 0 atom stereocenters. The van der Waals surface area contributed by atoms with E-state index in [1.54, 1.807) is 17.1 Å². The van der Waals surface area contributed by atoms with Crippen LogP contribution in [0.5, 0.6) is 0 Å². The lowest BCUT2D eigenvalue weighted by molar-refractivity contribution is 0.339. The Kier molecular flexibility index (Phi) is 3.72. The molecule has 1 aliphatic rings. The van der Waals surface area contributed by atoms with E-state index in [1.807, 2.05) is 13.1 Å². The van der Waals surface area contributed by atoms with Crippen LogP contribution in [0.3, 0.4) is 0 Å². The van der Waals surface area contributed by atoms with Gasteiger partial charge in [-0.3, -0.25) is 0 Å². The van der Waals surface area contributed by atoms with Crippen molar-refractivity contribution in [2.24, 2.45) is 5.92 Å². The third-order valence-corrected chi connectivity index (χ3v) is 4.19. The number of rotatable bonds is 3. The third kappa shape index (κ3) is 2.96. The van der Waals surface area contributed by atoms with Gasteiger partial charge in [-0.15, -0.1) is 0 Å². The van der Waals surface area contributed by atoms with Crippen LogP contribution in [0.15, 0.2) is 18.5 Å². The highest BCUT2D eigenvalue weighted by Gasteiger charge is 2.24. The van der Waals surface area contributed by atoms with Crippen molar-refractivity contribution < 1.29 is 0 Å². The molecule has 2 aromatic heterocycles. The van der Waals surface area contributed by atoms with Crippen LogP contribution in [0, 0.1) is 5.92 Å². The quantitative estimate of drug-likeness (QED) is 0.924. The van der Waals surface area contributed by atoms with Crippen LogP contribution in [-0.4, -0.2) is 37.8 Å². The molecule has 0 spiro atoms. The first kappa shape index (κ1) is 13.8. The number of nitrogen functional groups attached to an aromatic ring is 1. The molecule has 7 heteroatoms. The summed E-state index contributed by atoms with van der Waals surface area (Å²) in [6, 6.07) is 2.29. The van der Waals surface area contributed by atoms with E-state index >= 15 is 0 Å². The number of aromatic nitrogens is 5. The molecule has 1 aliphatic carbocycles. The largest absolute Gasteiger partial charge is 0.368 e. The van der Waals surface area contributed by atoms with Gasteiger partial charge in [-0.1, -0.05) is 6.92 Å². The van der Waals surface area contributed by atoms with Crippen LogP contribution < -0.4 is 10.6 Å². The Morgan fingerprint density at radius 1 is 1.19 bits per heavy atom. The summed E-state index contributed by atoms with van der Waals surface area (Å²) in [7, 11) is 2.03. The topological polar surface area (TPSA) is 85.8 Å². The Bertz CT molecular complexity index is 587. The van der Waals surface area contributed by atoms with E-state index in [9.17, 15) is 0 Å². The summed E-state index contributed by atoms with van der Waals surface area (Å²) in [6.07, 6.45) is 8.32. The lowest BCUT2D eigenvalue weighted by Crippen LogP contribution is -2.36. The van der Waals surface area contributed by atoms with Crippen molar-refractivity contribution in [2.45, 2.75) is 38.6 Å². The number of nitrogens with two attached hydrogens (primary N) is 1. The normalized spacial score (nSPS) is 22.2. The highest BCUT2D eigenvalue weighted by Crippen LogP contribution is 2.28. The highest BCUT2D eigenvalue weighted by molar-refractivity contribution is 5.38. The summed E-state index contributed by atoms with van der Waals surface area (Å²) in [5.41, 5.74) is 5.82. The highest BCUT2D eigenvalue weighted by atomic mass is 15.4. The van der Waals surface area contributed by atoms with E-state index in [-0.39, 0.29) is 5.95 Å². The predicted molar refractivity (Wildman–Crippen MR) is 81.2 cm³/mol. The minimum absolute atomic E-state index is 0.224. The van der Waals surface area contributed by atoms with E-state index < -0.39 is 0 Å². The smallest absolute Gasteiger partial charge is 0.257 e. The average molecular weight is 287 g/mol. The van der Waals surface area contributed by atoms with E-state index in [2.05, 4.69) is 31.9 Å². The number of hydrogen-bond donors (Lipinski definition) is 1. The van der Waals surface area contributed by atoms with Gasteiger partial charge in [0.1, 0.15) is 0 Å². The second kappa shape index (κ2) is 5.67. The van der Waals surface area contributed by atoms with E-state index in [1.165, 1.54) is 25.7 Å². The molecule has 0 aromatic carbocycles. The molecule has 0 amide bonds. The molecule has 2 N–H and O–H groups in total.